The van der Waals surface area contributed by atoms with Crippen molar-refractivity contribution in [3.05, 3.63) is 87.4 Å². The van der Waals surface area contributed by atoms with Gasteiger partial charge in [-0.1, -0.05) is 58.4 Å². The zero-order valence-corrected chi connectivity index (χ0v) is 16.5. The number of imide groups is 1. The van der Waals surface area contributed by atoms with Crippen molar-refractivity contribution >= 4 is 44.9 Å². The van der Waals surface area contributed by atoms with Crippen molar-refractivity contribution in [1.82, 2.24) is 4.90 Å². The molecule has 0 bridgehead atoms. The normalized spacial score (nSPS) is 15.7. The van der Waals surface area contributed by atoms with Gasteiger partial charge < -0.3 is 4.42 Å². The van der Waals surface area contributed by atoms with Gasteiger partial charge in [0.2, 0.25) is 0 Å². The lowest BCUT2D eigenvalue weighted by Gasteiger charge is -2.11. The first-order chi connectivity index (χ1) is 13.1. The van der Waals surface area contributed by atoms with E-state index in [4.69, 9.17) is 4.42 Å². The minimum absolute atomic E-state index is 0.268. The van der Waals surface area contributed by atoms with Gasteiger partial charge in [0.1, 0.15) is 11.5 Å². The van der Waals surface area contributed by atoms with Crippen molar-refractivity contribution in [2.75, 3.05) is 0 Å². The zero-order valence-electron chi connectivity index (χ0n) is 14.1. The SMILES string of the molecule is O=C1S/C(=C\c2ccc(-c3cccc(Br)c3)o2)C(=O)N1Cc1ccccc1. The number of amides is 2. The first-order valence-electron chi connectivity index (χ1n) is 8.25. The Bertz CT molecular complexity index is 1040. The van der Waals surface area contributed by atoms with Crippen LogP contribution in [0.25, 0.3) is 17.4 Å². The second kappa shape index (κ2) is 7.58. The number of benzene rings is 2. The molecule has 0 unspecified atom stereocenters. The third-order valence-corrected chi connectivity index (χ3v) is 5.47. The molecular formula is C21H14BrNO3S. The van der Waals surface area contributed by atoms with Crippen LogP contribution >= 0.6 is 27.7 Å². The average molecular weight is 440 g/mol. The standard InChI is InChI=1S/C21H14BrNO3S/c22-16-8-4-7-15(11-16)18-10-9-17(26-18)12-19-20(24)23(21(25)27-19)13-14-5-2-1-3-6-14/h1-12H,13H2/b19-12-. The van der Waals surface area contributed by atoms with E-state index in [2.05, 4.69) is 15.9 Å². The van der Waals surface area contributed by atoms with Crippen molar-refractivity contribution in [2.24, 2.45) is 0 Å². The largest absolute Gasteiger partial charge is 0.457 e. The number of carbonyl (C=O) groups is 2. The number of halogens is 1. The molecule has 1 aromatic heterocycles. The lowest BCUT2D eigenvalue weighted by atomic mass is 10.2. The summed E-state index contributed by atoms with van der Waals surface area (Å²) in [5, 5.41) is -0.270. The molecule has 1 aliphatic rings. The Labute approximate surface area is 169 Å². The lowest BCUT2D eigenvalue weighted by molar-refractivity contribution is -0.123. The Hall–Kier alpha value is -2.57. The monoisotopic (exact) mass is 439 g/mol. The average Bonchev–Trinajstić information content (AvgIpc) is 3.23. The number of hydrogen-bond acceptors (Lipinski definition) is 4. The van der Waals surface area contributed by atoms with Crippen LogP contribution in [0.4, 0.5) is 4.79 Å². The number of thioether (sulfide) groups is 1. The molecule has 0 spiro atoms. The number of furan rings is 1. The maximum atomic E-state index is 12.6. The second-order valence-electron chi connectivity index (χ2n) is 5.97. The van der Waals surface area contributed by atoms with Gasteiger partial charge in [0.25, 0.3) is 11.1 Å². The fourth-order valence-corrected chi connectivity index (χ4v) is 3.98. The molecule has 0 radical (unpaired) electrons. The summed E-state index contributed by atoms with van der Waals surface area (Å²) in [4.78, 5) is 26.5. The van der Waals surface area contributed by atoms with Crippen LogP contribution in [0.5, 0.6) is 0 Å². The van der Waals surface area contributed by atoms with E-state index in [1.54, 1.807) is 12.1 Å². The van der Waals surface area contributed by atoms with Gasteiger partial charge in [-0.2, -0.15) is 0 Å². The second-order valence-corrected chi connectivity index (χ2v) is 7.87. The highest BCUT2D eigenvalue weighted by Crippen LogP contribution is 2.34. The minimum Gasteiger partial charge on any atom is -0.457 e. The van der Waals surface area contributed by atoms with Crippen molar-refractivity contribution in [3.8, 4) is 11.3 Å². The molecule has 27 heavy (non-hydrogen) atoms. The van der Waals surface area contributed by atoms with Gasteiger partial charge in [0, 0.05) is 16.1 Å². The Balaban J connectivity index is 1.54. The van der Waals surface area contributed by atoms with E-state index in [-0.39, 0.29) is 17.7 Å². The van der Waals surface area contributed by atoms with Crippen molar-refractivity contribution in [2.45, 2.75) is 6.54 Å². The lowest BCUT2D eigenvalue weighted by Crippen LogP contribution is -2.27. The molecule has 0 atom stereocenters. The van der Waals surface area contributed by atoms with Gasteiger partial charge in [0.15, 0.2) is 0 Å². The number of rotatable bonds is 4. The fourth-order valence-electron chi connectivity index (χ4n) is 2.76. The molecule has 3 aromatic rings. The number of hydrogen-bond donors (Lipinski definition) is 0. The Morgan fingerprint density at radius 1 is 1.00 bits per heavy atom. The first-order valence-corrected chi connectivity index (χ1v) is 9.86. The molecule has 0 saturated carbocycles. The highest BCUT2D eigenvalue weighted by atomic mass is 79.9. The van der Waals surface area contributed by atoms with Crippen LogP contribution in [-0.4, -0.2) is 16.0 Å². The molecule has 2 amide bonds. The van der Waals surface area contributed by atoms with Crippen LogP contribution in [0, 0.1) is 0 Å². The third kappa shape index (κ3) is 3.91. The van der Waals surface area contributed by atoms with E-state index in [0.717, 1.165) is 27.4 Å². The summed E-state index contributed by atoms with van der Waals surface area (Å²) in [6.07, 6.45) is 1.62. The Kier molecular flexibility index (Phi) is 5.01. The highest BCUT2D eigenvalue weighted by Gasteiger charge is 2.35. The van der Waals surface area contributed by atoms with Gasteiger partial charge in [-0.25, -0.2) is 0 Å². The van der Waals surface area contributed by atoms with E-state index in [9.17, 15) is 9.59 Å². The van der Waals surface area contributed by atoms with Gasteiger partial charge in [-0.05, 0) is 41.6 Å². The van der Waals surface area contributed by atoms with Crippen LogP contribution in [-0.2, 0) is 11.3 Å². The summed E-state index contributed by atoms with van der Waals surface area (Å²) >= 11 is 4.38. The number of nitrogens with zero attached hydrogens (tertiary/aromatic N) is 1. The molecule has 6 heteroatoms. The predicted molar refractivity (Wildman–Crippen MR) is 110 cm³/mol. The smallest absolute Gasteiger partial charge is 0.293 e. The highest BCUT2D eigenvalue weighted by molar-refractivity contribution is 9.10. The van der Waals surface area contributed by atoms with Crippen LogP contribution in [0.15, 0.2) is 80.5 Å². The van der Waals surface area contributed by atoms with E-state index >= 15 is 0 Å². The summed E-state index contributed by atoms with van der Waals surface area (Å²) in [6, 6.07) is 20.9. The Morgan fingerprint density at radius 2 is 1.81 bits per heavy atom. The zero-order chi connectivity index (χ0) is 18.8. The molecule has 4 rings (SSSR count). The van der Waals surface area contributed by atoms with Crippen molar-refractivity contribution < 1.29 is 14.0 Å². The quantitative estimate of drug-likeness (QED) is 0.471. The minimum atomic E-state index is -0.297. The van der Waals surface area contributed by atoms with Crippen LogP contribution < -0.4 is 0 Å². The summed E-state index contributed by atoms with van der Waals surface area (Å²) in [7, 11) is 0. The van der Waals surface area contributed by atoms with Crippen molar-refractivity contribution in [1.29, 1.82) is 0 Å². The third-order valence-electron chi connectivity index (χ3n) is 4.07. The summed E-state index contributed by atoms with van der Waals surface area (Å²) in [6.45, 7) is 0.268. The Morgan fingerprint density at radius 3 is 2.59 bits per heavy atom. The van der Waals surface area contributed by atoms with Crippen LogP contribution in [0.1, 0.15) is 11.3 Å². The van der Waals surface area contributed by atoms with Gasteiger partial charge in [-0.3, -0.25) is 14.5 Å². The van der Waals surface area contributed by atoms with Gasteiger partial charge >= 0.3 is 0 Å². The van der Waals surface area contributed by atoms with Gasteiger partial charge in [0.05, 0.1) is 11.4 Å². The fraction of sp³-hybridized carbons (Fsp3) is 0.0476. The predicted octanol–water partition coefficient (Wildman–Crippen LogP) is 5.95. The summed E-state index contributed by atoms with van der Waals surface area (Å²) in [5.41, 5.74) is 1.84. The first kappa shape index (κ1) is 17.8. The van der Waals surface area contributed by atoms with Gasteiger partial charge in [-0.15, -0.1) is 0 Å². The van der Waals surface area contributed by atoms with E-state index in [0.29, 0.717) is 16.4 Å². The van der Waals surface area contributed by atoms with E-state index in [1.807, 2.05) is 60.7 Å². The van der Waals surface area contributed by atoms with Crippen molar-refractivity contribution in [3.63, 3.8) is 0 Å². The summed E-state index contributed by atoms with van der Waals surface area (Å²) < 4.78 is 6.79. The van der Waals surface area contributed by atoms with E-state index in [1.165, 1.54) is 4.90 Å². The molecule has 1 saturated heterocycles. The number of carbonyl (C=O) groups excluding carboxylic acids is 2. The molecular weight excluding hydrogens is 426 g/mol. The van der Waals surface area contributed by atoms with Crippen LogP contribution in [0.3, 0.4) is 0 Å². The molecule has 4 nitrogen and oxygen atoms in total. The molecule has 1 fully saturated rings. The molecule has 134 valence electrons. The maximum Gasteiger partial charge on any atom is 0.293 e. The molecule has 2 aromatic carbocycles. The molecule has 2 heterocycles. The topological polar surface area (TPSA) is 50.5 Å². The molecule has 0 aliphatic carbocycles. The van der Waals surface area contributed by atoms with E-state index < -0.39 is 0 Å². The molecule has 0 N–H and O–H groups in total. The molecule has 1 aliphatic heterocycles. The van der Waals surface area contributed by atoms with Crippen LogP contribution in [0.2, 0.25) is 0 Å². The maximum absolute atomic E-state index is 12.6. The summed E-state index contributed by atoms with van der Waals surface area (Å²) in [5.74, 6) is 0.940.